The van der Waals surface area contributed by atoms with Crippen LogP contribution in [0.15, 0.2) is 30.3 Å². The third-order valence-electron chi connectivity index (χ3n) is 6.39. The fourth-order valence-electron chi connectivity index (χ4n) is 5.25. The number of amides is 2. The number of urea groups is 1. The highest BCUT2D eigenvalue weighted by Gasteiger charge is 2.54. The second-order valence-electron chi connectivity index (χ2n) is 7.81. The Morgan fingerprint density at radius 3 is 2.59 bits per heavy atom. The van der Waals surface area contributed by atoms with E-state index in [2.05, 4.69) is 34.5 Å². The summed E-state index contributed by atoms with van der Waals surface area (Å²) in [6.07, 6.45) is 2.57. The molecule has 4 saturated heterocycles. The summed E-state index contributed by atoms with van der Waals surface area (Å²) in [5.41, 5.74) is 1.32. The van der Waals surface area contributed by atoms with Gasteiger partial charge in [0.1, 0.15) is 0 Å². The number of piperidine rings is 3. The first-order chi connectivity index (χ1) is 13.2. The van der Waals surface area contributed by atoms with Crippen LogP contribution in [0.3, 0.4) is 0 Å². The topological polar surface area (TPSA) is 61.9 Å². The average molecular weight is 371 g/mol. The van der Waals surface area contributed by atoms with E-state index in [0.717, 1.165) is 19.6 Å². The predicted molar refractivity (Wildman–Crippen MR) is 102 cm³/mol. The Labute approximate surface area is 160 Å². The van der Waals surface area contributed by atoms with Gasteiger partial charge in [-0.1, -0.05) is 30.3 Å². The van der Waals surface area contributed by atoms with E-state index in [0.29, 0.717) is 31.0 Å². The lowest BCUT2D eigenvalue weighted by Crippen LogP contribution is -2.61. The zero-order valence-electron chi connectivity index (χ0n) is 16.0. The molecular weight excluding hydrogens is 342 g/mol. The molecule has 2 bridgehead atoms. The summed E-state index contributed by atoms with van der Waals surface area (Å²) >= 11 is 0. The first kappa shape index (κ1) is 18.3. The van der Waals surface area contributed by atoms with Crippen molar-refractivity contribution in [3.8, 4) is 0 Å². The van der Waals surface area contributed by atoms with Gasteiger partial charge in [0.05, 0.1) is 19.1 Å². The van der Waals surface area contributed by atoms with Crippen LogP contribution in [0.2, 0.25) is 0 Å². The molecule has 0 radical (unpaired) electrons. The Hall–Kier alpha value is -2.08. The van der Waals surface area contributed by atoms with Crippen molar-refractivity contribution in [3.63, 3.8) is 0 Å². The number of carbonyl (C=O) groups is 2. The highest BCUT2D eigenvalue weighted by molar-refractivity contribution is 5.76. The Morgan fingerprint density at radius 2 is 1.89 bits per heavy atom. The van der Waals surface area contributed by atoms with Gasteiger partial charge in [0.15, 0.2) is 0 Å². The number of ether oxygens (including phenoxy) is 1. The summed E-state index contributed by atoms with van der Waals surface area (Å²) in [7, 11) is 0. The molecule has 1 N–H and O–H groups in total. The van der Waals surface area contributed by atoms with E-state index in [-0.39, 0.29) is 24.5 Å². The van der Waals surface area contributed by atoms with Gasteiger partial charge in [-0.25, -0.2) is 4.79 Å². The molecule has 0 aliphatic carbocycles. The van der Waals surface area contributed by atoms with Crippen molar-refractivity contribution in [2.24, 2.45) is 5.92 Å². The van der Waals surface area contributed by atoms with Crippen LogP contribution in [0, 0.1) is 5.92 Å². The first-order valence-corrected chi connectivity index (χ1v) is 10.2. The Bertz CT molecular complexity index is 673. The molecule has 1 aromatic carbocycles. The number of nitrogens with zero attached hydrogens (tertiary/aromatic N) is 2. The van der Waals surface area contributed by atoms with Crippen molar-refractivity contribution in [1.82, 2.24) is 15.1 Å². The number of likely N-dealkylation sites (tertiary alicyclic amines) is 1. The SMILES string of the molecule is CCOC(=O)CCNC(=O)N1C[C@H](c2ccccc2)[C@H]2[C@@H]1C1CCN2CC1. The molecule has 4 fully saturated rings. The van der Waals surface area contributed by atoms with Gasteiger partial charge < -0.3 is 15.0 Å². The predicted octanol–water partition coefficient (Wildman–Crippen LogP) is 2.21. The van der Waals surface area contributed by atoms with Crippen LogP contribution in [0.25, 0.3) is 0 Å². The molecule has 0 unspecified atom stereocenters. The monoisotopic (exact) mass is 371 g/mol. The number of fused-ring (bicyclic) bond motifs is 2. The quantitative estimate of drug-likeness (QED) is 0.806. The van der Waals surface area contributed by atoms with Crippen LogP contribution in [0.5, 0.6) is 0 Å². The number of rotatable bonds is 5. The highest BCUT2D eigenvalue weighted by atomic mass is 16.5. The maximum absolute atomic E-state index is 12.9. The fourth-order valence-corrected chi connectivity index (χ4v) is 5.25. The molecule has 0 saturated carbocycles. The van der Waals surface area contributed by atoms with Crippen LogP contribution in [-0.2, 0) is 9.53 Å². The van der Waals surface area contributed by atoms with Gasteiger partial charge in [-0.3, -0.25) is 9.69 Å². The van der Waals surface area contributed by atoms with Gasteiger partial charge in [0.25, 0.3) is 0 Å². The van der Waals surface area contributed by atoms with Crippen LogP contribution < -0.4 is 5.32 Å². The van der Waals surface area contributed by atoms with E-state index < -0.39 is 0 Å². The lowest BCUT2D eigenvalue weighted by Gasteiger charge is -2.51. The van der Waals surface area contributed by atoms with Crippen LogP contribution in [0.4, 0.5) is 4.79 Å². The summed E-state index contributed by atoms with van der Waals surface area (Å²) in [4.78, 5) is 29.1. The van der Waals surface area contributed by atoms with Gasteiger partial charge in [-0.05, 0) is 44.3 Å². The summed E-state index contributed by atoms with van der Waals surface area (Å²) in [6, 6.07) is 11.2. The zero-order valence-corrected chi connectivity index (χ0v) is 16.0. The van der Waals surface area contributed by atoms with Gasteiger partial charge in [0, 0.05) is 25.0 Å². The average Bonchev–Trinajstić information content (AvgIpc) is 3.13. The zero-order chi connectivity index (χ0) is 18.8. The number of benzene rings is 1. The summed E-state index contributed by atoms with van der Waals surface area (Å²) in [5.74, 6) is 0.682. The van der Waals surface area contributed by atoms with Gasteiger partial charge >= 0.3 is 12.0 Å². The molecule has 4 heterocycles. The minimum atomic E-state index is -0.262. The number of hydrogen-bond acceptors (Lipinski definition) is 4. The molecule has 4 aliphatic heterocycles. The molecule has 6 heteroatoms. The second-order valence-corrected chi connectivity index (χ2v) is 7.81. The van der Waals surface area contributed by atoms with Crippen molar-refractivity contribution >= 4 is 12.0 Å². The minimum Gasteiger partial charge on any atom is -0.466 e. The lowest BCUT2D eigenvalue weighted by molar-refractivity contribution is -0.142. The smallest absolute Gasteiger partial charge is 0.317 e. The van der Waals surface area contributed by atoms with Crippen molar-refractivity contribution < 1.29 is 14.3 Å². The third kappa shape index (κ3) is 3.55. The summed E-state index contributed by atoms with van der Waals surface area (Å²) in [5, 5.41) is 2.95. The summed E-state index contributed by atoms with van der Waals surface area (Å²) < 4.78 is 4.94. The summed E-state index contributed by atoms with van der Waals surface area (Å²) in [6.45, 7) is 5.53. The number of esters is 1. The molecule has 5 rings (SSSR count). The largest absolute Gasteiger partial charge is 0.466 e. The second kappa shape index (κ2) is 7.89. The van der Waals surface area contributed by atoms with Crippen LogP contribution in [0.1, 0.15) is 37.7 Å². The molecule has 3 atom stereocenters. The highest BCUT2D eigenvalue weighted by Crippen LogP contribution is 2.46. The van der Waals surface area contributed by atoms with Crippen molar-refractivity contribution in [2.45, 2.75) is 44.2 Å². The van der Waals surface area contributed by atoms with Crippen molar-refractivity contribution in [3.05, 3.63) is 35.9 Å². The van der Waals surface area contributed by atoms with Gasteiger partial charge in [0.2, 0.25) is 0 Å². The molecule has 0 aromatic heterocycles. The van der Waals surface area contributed by atoms with E-state index in [1.54, 1.807) is 6.92 Å². The van der Waals surface area contributed by atoms with E-state index in [1.165, 1.54) is 18.4 Å². The Balaban J connectivity index is 1.47. The molecule has 146 valence electrons. The van der Waals surface area contributed by atoms with E-state index in [9.17, 15) is 9.59 Å². The minimum absolute atomic E-state index is 0.0403. The fraction of sp³-hybridized carbons (Fsp3) is 0.619. The molecule has 27 heavy (non-hydrogen) atoms. The van der Waals surface area contributed by atoms with Crippen molar-refractivity contribution in [1.29, 1.82) is 0 Å². The van der Waals surface area contributed by atoms with Crippen molar-refractivity contribution in [2.75, 3.05) is 32.8 Å². The number of nitrogens with one attached hydrogen (secondary N) is 1. The van der Waals surface area contributed by atoms with Gasteiger partial charge in [-0.2, -0.15) is 0 Å². The number of carbonyl (C=O) groups excluding carboxylic acids is 2. The van der Waals surface area contributed by atoms with Crippen LogP contribution >= 0.6 is 0 Å². The maximum Gasteiger partial charge on any atom is 0.317 e. The van der Waals surface area contributed by atoms with E-state index in [1.807, 2.05) is 11.0 Å². The van der Waals surface area contributed by atoms with Gasteiger partial charge in [-0.15, -0.1) is 0 Å². The third-order valence-corrected chi connectivity index (χ3v) is 6.39. The maximum atomic E-state index is 12.9. The molecular formula is C21H29N3O3. The normalized spacial score (nSPS) is 31.4. The molecule has 6 nitrogen and oxygen atoms in total. The lowest BCUT2D eigenvalue weighted by atomic mass is 9.75. The molecule has 1 aromatic rings. The van der Waals surface area contributed by atoms with E-state index >= 15 is 0 Å². The Kier molecular flexibility index (Phi) is 5.34. The standard InChI is InChI=1S/C21H29N3O3/c1-2-27-18(25)8-11-22-21(26)24-14-17(15-6-4-3-5-7-15)20-19(24)16-9-12-23(20)13-10-16/h3-7,16-17,19-20H,2,8-14H2,1H3,(H,22,26)/t17-,19+,20+/m1/s1. The Morgan fingerprint density at radius 1 is 1.15 bits per heavy atom. The first-order valence-electron chi connectivity index (χ1n) is 10.2. The number of hydrogen-bond donors (Lipinski definition) is 1. The van der Waals surface area contributed by atoms with Crippen LogP contribution in [-0.4, -0.2) is 66.7 Å². The molecule has 2 amide bonds. The molecule has 4 aliphatic rings. The molecule has 0 spiro atoms. The van der Waals surface area contributed by atoms with E-state index in [4.69, 9.17) is 4.74 Å².